The van der Waals surface area contributed by atoms with Gasteiger partial charge < -0.3 is 14.9 Å². The molecule has 1 aliphatic heterocycles. The largest absolute Gasteiger partial charge is 0.497 e. The van der Waals surface area contributed by atoms with E-state index in [1.807, 2.05) is 25.1 Å². The summed E-state index contributed by atoms with van der Waals surface area (Å²) in [6.45, 7) is 4.10. The van der Waals surface area contributed by atoms with Crippen LogP contribution in [0.4, 0.5) is 0 Å². The molecule has 1 aliphatic rings. The van der Waals surface area contributed by atoms with Gasteiger partial charge in [0, 0.05) is 18.7 Å². The van der Waals surface area contributed by atoms with E-state index in [9.17, 15) is 5.11 Å². The lowest BCUT2D eigenvalue weighted by Crippen LogP contribution is -2.45. The van der Waals surface area contributed by atoms with Crippen LogP contribution in [0.2, 0.25) is 0 Å². The van der Waals surface area contributed by atoms with Crippen LogP contribution >= 0.6 is 0 Å². The predicted molar refractivity (Wildman–Crippen MR) is 82.1 cm³/mol. The Morgan fingerprint density at radius 2 is 2.24 bits per heavy atom. The van der Waals surface area contributed by atoms with Gasteiger partial charge in [0.05, 0.1) is 12.7 Å². The molecule has 0 spiro atoms. The number of benzene rings is 1. The number of piperidine rings is 1. The molecule has 4 heteroatoms. The molecule has 1 heterocycles. The summed E-state index contributed by atoms with van der Waals surface area (Å²) in [6, 6.07) is 5.76. The van der Waals surface area contributed by atoms with Gasteiger partial charge in [-0.2, -0.15) is 0 Å². The Morgan fingerprint density at radius 1 is 1.43 bits per heavy atom. The maximum absolute atomic E-state index is 10.2. The van der Waals surface area contributed by atoms with Gasteiger partial charge in [0.15, 0.2) is 0 Å². The zero-order valence-electron chi connectivity index (χ0n) is 12.7. The topological polar surface area (TPSA) is 52.9 Å². The van der Waals surface area contributed by atoms with Crippen molar-refractivity contribution < 1.29 is 14.9 Å². The van der Waals surface area contributed by atoms with Gasteiger partial charge in [-0.15, -0.1) is 0 Å². The molecule has 0 saturated carbocycles. The number of aliphatic hydroxyl groups excluding tert-OH is 1. The van der Waals surface area contributed by atoms with Crippen molar-refractivity contribution in [2.45, 2.75) is 31.9 Å². The molecule has 0 bridgehead atoms. The summed E-state index contributed by atoms with van der Waals surface area (Å²) in [4.78, 5) is 2.24. The van der Waals surface area contributed by atoms with Gasteiger partial charge in [-0.25, -0.2) is 0 Å². The van der Waals surface area contributed by atoms with Crippen molar-refractivity contribution in [3.05, 3.63) is 29.3 Å². The zero-order chi connectivity index (χ0) is 15.3. The molecule has 21 heavy (non-hydrogen) atoms. The number of likely N-dealkylation sites (tertiary alicyclic amines) is 1. The standard InChI is InChI=1S/C17H23NO3/c1-17(20)8-4-9-18(13-17)12-15-11-16(21-2)7-6-14(15)5-3-10-19/h6-7,11,19-20H,4,8-10,12-13H2,1-2H3. The second-order valence-electron chi connectivity index (χ2n) is 5.79. The summed E-state index contributed by atoms with van der Waals surface area (Å²) in [5.41, 5.74) is 1.34. The third-order valence-electron chi connectivity index (χ3n) is 3.76. The van der Waals surface area contributed by atoms with Gasteiger partial charge in [-0.05, 0) is 50.1 Å². The minimum Gasteiger partial charge on any atom is -0.497 e. The molecule has 0 aromatic heterocycles. The molecule has 2 rings (SSSR count). The summed E-state index contributed by atoms with van der Waals surface area (Å²) >= 11 is 0. The number of ether oxygens (including phenoxy) is 1. The van der Waals surface area contributed by atoms with E-state index in [0.29, 0.717) is 6.54 Å². The number of methoxy groups -OCH3 is 1. The first-order chi connectivity index (χ1) is 10.0. The summed E-state index contributed by atoms with van der Waals surface area (Å²) in [7, 11) is 1.64. The lowest BCUT2D eigenvalue weighted by molar-refractivity contribution is -0.0181. The van der Waals surface area contributed by atoms with Crippen LogP contribution in [0.15, 0.2) is 18.2 Å². The van der Waals surface area contributed by atoms with Crippen LogP contribution in [0.5, 0.6) is 5.75 Å². The molecule has 1 aromatic carbocycles. The van der Waals surface area contributed by atoms with E-state index < -0.39 is 5.60 Å². The first-order valence-electron chi connectivity index (χ1n) is 7.25. The number of β-amino-alcohol motifs (C(OH)–C–C–N with tert-alkyl or cyclic N) is 1. The summed E-state index contributed by atoms with van der Waals surface area (Å²) in [5.74, 6) is 6.47. The number of hydrogen-bond donors (Lipinski definition) is 2. The summed E-state index contributed by atoms with van der Waals surface area (Å²) < 4.78 is 5.28. The Labute approximate surface area is 126 Å². The molecule has 2 N–H and O–H groups in total. The minimum absolute atomic E-state index is 0.149. The molecule has 1 unspecified atom stereocenters. The van der Waals surface area contributed by atoms with Crippen molar-refractivity contribution >= 4 is 0 Å². The Morgan fingerprint density at radius 3 is 2.90 bits per heavy atom. The van der Waals surface area contributed by atoms with Crippen LogP contribution in [0.1, 0.15) is 30.9 Å². The van der Waals surface area contributed by atoms with Gasteiger partial charge in [-0.3, -0.25) is 4.90 Å². The highest BCUT2D eigenvalue weighted by Crippen LogP contribution is 2.24. The SMILES string of the molecule is COc1ccc(C#CCO)c(CN2CCCC(C)(O)C2)c1. The highest BCUT2D eigenvalue weighted by molar-refractivity contribution is 5.45. The summed E-state index contributed by atoms with van der Waals surface area (Å²) in [6.07, 6.45) is 1.84. The first kappa shape index (κ1) is 15.8. The Bertz CT molecular complexity index is 543. The monoisotopic (exact) mass is 289 g/mol. The number of rotatable bonds is 3. The Kier molecular flexibility index (Phi) is 5.24. The normalized spacial score (nSPS) is 22.5. The smallest absolute Gasteiger partial charge is 0.119 e. The van der Waals surface area contributed by atoms with Crippen molar-refractivity contribution in [3.8, 4) is 17.6 Å². The molecule has 1 fully saturated rings. The van der Waals surface area contributed by atoms with E-state index in [0.717, 1.165) is 42.8 Å². The molecule has 114 valence electrons. The quantitative estimate of drug-likeness (QED) is 0.826. The third-order valence-corrected chi connectivity index (χ3v) is 3.76. The van der Waals surface area contributed by atoms with Gasteiger partial charge in [0.1, 0.15) is 12.4 Å². The van der Waals surface area contributed by atoms with Gasteiger partial charge in [0.2, 0.25) is 0 Å². The Hall–Kier alpha value is -1.54. The van der Waals surface area contributed by atoms with Crippen LogP contribution in [0.25, 0.3) is 0 Å². The van der Waals surface area contributed by atoms with Gasteiger partial charge >= 0.3 is 0 Å². The van der Waals surface area contributed by atoms with Gasteiger partial charge in [0.25, 0.3) is 0 Å². The molecule has 4 nitrogen and oxygen atoms in total. The molecular weight excluding hydrogens is 266 g/mol. The van der Waals surface area contributed by atoms with E-state index in [4.69, 9.17) is 9.84 Å². The maximum Gasteiger partial charge on any atom is 0.119 e. The second kappa shape index (κ2) is 6.95. The Balaban J connectivity index is 2.20. The molecule has 1 atom stereocenters. The average molecular weight is 289 g/mol. The molecular formula is C17H23NO3. The highest BCUT2D eigenvalue weighted by Gasteiger charge is 2.28. The zero-order valence-corrected chi connectivity index (χ0v) is 12.7. The summed E-state index contributed by atoms with van der Waals surface area (Å²) in [5, 5.41) is 19.1. The maximum atomic E-state index is 10.2. The molecule has 0 amide bonds. The molecule has 0 radical (unpaired) electrons. The number of aliphatic hydroxyl groups is 2. The van der Waals surface area contributed by atoms with Crippen molar-refractivity contribution in [1.29, 1.82) is 0 Å². The van der Waals surface area contributed by atoms with E-state index in [1.165, 1.54) is 0 Å². The van der Waals surface area contributed by atoms with E-state index >= 15 is 0 Å². The average Bonchev–Trinajstić information content (AvgIpc) is 2.45. The number of hydrogen-bond acceptors (Lipinski definition) is 4. The van der Waals surface area contributed by atoms with Crippen LogP contribution in [-0.4, -0.2) is 47.5 Å². The molecule has 0 aliphatic carbocycles. The minimum atomic E-state index is -0.617. The molecule has 1 aromatic rings. The second-order valence-corrected chi connectivity index (χ2v) is 5.79. The third kappa shape index (κ3) is 4.47. The van der Waals surface area contributed by atoms with E-state index in [-0.39, 0.29) is 6.61 Å². The van der Waals surface area contributed by atoms with Crippen LogP contribution in [-0.2, 0) is 6.54 Å². The van der Waals surface area contributed by atoms with Crippen LogP contribution < -0.4 is 4.74 Å². The van der Waals surface area contributed by atoms with Crippen molar-refractivity contribution in [3.63, 3.8) is 0 Å². The lowest BCUT2D eigenvalue weighted by atomic mass is 9.94. The fourth-order valence-electron chi connectivity index (χ4n) is 2.78. The lowest BCUT2D eigenvalue weighted by Gasteiger charge is -2.37. The molecule has 1 saturated heterocycles. The first-order valence-corrected chi connectivity index (χ1v) is 7.25. The predicted octanol–water partition coefficient (Wildman–Crippen LogP) is 1.39. The van der Waals surface area contributed by atoms with Gasteiger partial charge in [-0.1, -0.05) is 11.8 Å². The van der Waals surface area contributed by atoms with Crippen molar-refractivity contribution in [2.24, 2.45) is 0 Å². The fraction of sp³-hybridized carbons (Fsp3) is 0.529. The number of nitrogens with zero attached hydrogens (tertiary/aromatic N) is 1. The highest BCUT2D eigenvalue weighted by atomic mass is 16.5. The van der Waals surface area contributed by atoms with Crippen LogP contribution in [0, 0.1) is 11.8 Å². The van der Waals surface area contributed by atoms with E-state index in [1.54, 1.807) is 7.11 Å². The van der Waals surface area contributed by atoms with E-state index in [2.05, 4.69) is 16.7 Å². The van der Waals surface area contributed by atoms with Crippen molar-refractivity contribution in [1.82, 2.24) is 4.90 Å². The fourth-order valence-corrected chi connectivity index (χ4v) is 2.78. The van der Waals surface area contributed by atoms with Crippen LogP contribution in [0.3, 0.4) is 0 Å². The van der Waals surface area contributed by atoms with Crippen molar-refractivity contribution in [2.75, 3.05) is 26.8 Å².